The predicted octanol–water partition coefficient (Wildman–Crippen LogP) is 3.95. The molecule has 1 aliphatic rings. The lowest BCUT2D eigenvalue weighted by molar-refractivity contribution is 0.280. The molecule has 1 fully saturated rings. The Labute approximate surface area is 122 Å². The fraction of sp³-hybridized carbons (Fsp3) is 0.647. The van der Waals surface area contributed by atoms with Gasteiger partial charge >= 0.3 is 0 Å². The van der Waals surface area contributed by atoms with Crippen molar-refractivity contribution in [2.45, 2.75) is 46.6 Å². The number of hydrogen-bond donors (Lipinski definition) is 1. The van der Waals surface area contributed by atoms with Crippen LogP contribution in [0.5, 0.6) is 0 Å². The minimum absolute atomic E-state index is 0.124. The van der Waals surface area contributed by atoms with E-state index >= 15 is 0 Å². The summed E-state index contributed by atoms with van der Waals surface area (Å²) in [6, 6.07) is 5.44. The van der Waals surface area contributed by atoms with Crippen LogP contribution >= 0.6 is 0 Å². The predicted molar refractivity (Wildman–Crippen MR) is 83.6 cm³/mol. The van der Waals surface area contributed by atoms with Crippen LogP contribution in [0.15, 0.2) is 18.2 Å². The van der Waals surface area contributed by atoms with Gasteiger partial charge in [-0.1, -0.05) is 20.8 Å². The van der Waals surface area contributed by atoms with Crippen LogP contribution < -0.4 is 10.2 Å². The molecule has 0 spiro atoms. The Hall–Kier alpha value is -1.09. The lowest BCUT2D eigenvalue weighted by Crippen LogP contribution is -2.37. The Morgan fingerprint density at radius 2 is 1.90 bits per heavy atom. The van der Waals surface area contributed by atoms with Crippen molar-refractivity contribution in [2.24, 2.45) is 5.41 Å². The molecule has 0 radical (unpaired) electrons. The second kappa shape index (κ2) is 6.57. The topological polar surface area (TPSA) is 15.3 Å². The number of nitrogens with one attached hydrogen (secondary N) is 1. The van der Waals surface area contributed by atoms with Gasteiger partial charge in [0.25, 0.3) is 0 Å². The summed E-state index contributed by atoms with van der Waals surface area (Å²) >= 11 is 0. The molecule has 0 aromatic heterocycles. The van der Waals surface area contributed by atoms with Crippen LogP contribution in [-0.4, -0.2) is 19.6 Å². The molecule has 1 aromatic carbocycles. The van der Waals surface area contributed by atoms with Gasteiger partial charge in [0.1, 0.15) is 5.82 Å². The molecule has 0 bridgehead atoms. The number of benzene rings is 1. The van der Waals surface area contributed by atoms with Gasteiger partial charge in [0.15, 0.2) is 0 Å². The third-order valence-corrected chi connectivity index (χ3v) is 4.18. The lowest BCUT2D eigenvalue weighted by atomic mass is 9.82. The van der Waals surface area contributed by atoms with E-state index in [0.717, 1.165) is 43.9 Å². The summed E-state index contributed by atoms with van der Waals surface area (Å²) in [6.45, 7) is 10.5. The number of anilines is 1. The molecular formula is C17H27FN2. The van der Waals surface area contributed by atoms with Crippen LogP contribution in [0.3, 0.4) is 0 Å². The Kier molecular flexibility index (Phi) is 5.03. The maximum atomic E-state index is 13.8. The maximum absolute atomic E-state index is 13.8. The minimum Gasteiger partial charge on any atom is -0.371 e. The van der Waals surface area contributed by atoms with Crippen molar-refractivity contribution < 1.29 is 4.39 Å². The van der Waals surface area contributed by atoms with Crippen molar-refractivity contribution in [2.75, 3.05) is 24.5 Å². The van der Waals surface area contributed by atoms with Crippen LogP contribution in [0.4, 0.5) is 10.1 Å². The fourth-order valence-electron chi connectivity index (χ4n) is 2.70. The summed E-state index contributed by atoms with van der Waals surface area (Å²) in [5.41, 5.74) is 2.50. The van der Waals surface area contributed by atoms with Crippen LogP contribution in [0.2, 0.25) is 0 Å². The van der Waals surface area contributed by atoms with Crippen molar-refractivity contribution in [1.29, 1.82) is 0 Å². The Morgan fingerprint density at radius 3 is 2.55 bits per heavy atom. The van der Waals surface area contributed by atoms with Gasteiger partial charge < -0.3 is 10.2 Å². The molecule has 0 aliphatic carbocycles. The zero-order chi connectivity index (χ0) is 14.6. The van der Waals surface area contributed by atoms with Gasteiger partial charge in [-0.25, -0.2) is 4.39 Å². The van der Waals surface area contributed by atoms with E-state index in [1.165, 1.54) is 12.8 Å². The monoisotopic (exact) mass is 278 g/mol. The number of nitrogens with zero attached hydrogens (tertiary/aromatic N) is 1. The van der Waals surface area contributed by atoms with Gasteiger partial charge in [-0.15, -0.1) is 0 Å². The van der Waals surface area contributed by atoms with E-state index in [0.29, 0.717) is 5.41 Å². The quantitative estimate of drug-likeness (QED) is 0.820. The van der Waals surface area contributed by atoms with E-state index < -0.39 is 0 Å². The minimum atomic E-state index is -0.124. The van der Waals surface area contributed by atoms with Gasteiger partial charge in [-0.3, -0.25) is 0 Å². The molecule has 1 saturated heterocycles. The number of hydrogen-bond acceptors (Lipinski definition) is 2. The zero-order valence-electron chi connectivity index (χ0n) is 13.0. The number of piperidine rings is 1. The van der Waals surface area contributed by atoms with Gasteiger partial charge in [0.2, 0.25) is 0 Å². The highest BCUT2D eigenvalue weighted by Crippen LogP contribution is 2.32. The molecule has 0 amide bonds. The van der Waals surface area contributed by atoms with Crippen molar-refractivity contribution in [3.8, 4) is 0 Å². The van der Waals surface area contributed by atoms with E-state index in [4.69, 9.17) is 0 Å². The molecule has 0 atom stereocenters. The van der Waals surface area contributed by atoms with E-state index in [1.54, 1.807) is 12.1 Å². The van der Waals surface area contributed by atoms with Gasteiger partial charge in [-0.05, 0) is 55.0 Å². The first-order valence-electron chi connectivity index (χ1n) is 7.75. The van der Waals surface area contributed by atoms with Gasteiger partial charge in [0, 0.05) is 25.3 Å². The molecule has 0 saturated carbocycles. The van der Waals surface area contributed by atoms with Gasteiger partial charge in [0.05, 0.1) is 0 Å². The molecule has 0 unspecified atom stereocenters. The Bertz CT molecular complexity index is 433. The van der Waals surface area contributed by atoms with E-state index in [-0.39, 0.29) is 5.82 Å². The van der Waals surface area contributed by atoms with Crippen LogP contribution in [0.25, 0.3) is 0 Å². The molecule has 1 aliphatic heterocycles. The normalized spacial score (nSPS) is 18.3. The molecule has 20 heavy (non-hydrogen) atoms. The van der Waals surface area contributed by atoms with Crippen molar-refractivity contribution in [3.63, 3.8) is 0 Å². The smallest absolute Gasteiger partial charge is 0.125 e. The molecule has 112 valence electrons. The first kappa shape index (κ1) is 15.3. The standard InChI is InChI=1S/C17H27FN2/c1-4-7-19-13-14-10-15(18)12-16(11-14)20-8-5-17(2,3)6-9-20/h10-12,19H,4-9,13H2,1-3H3. The fourth-order valence-corrected chi connectivity index (χ4v) is 2.70. The zero-order valence-corrected chi connectivity index (χ0v) is 13.0. The first-order chi connectivity index (χ1) is 9.50. The van der Waals surface area contributed by atoms with Crippen LogP contribution in [0, 0.1) is 11.2 Å². The van der Waals surface area contributed by atoms with Crippen molar-refractivity contribution in [1.82, 2.24) is 5.32 Å². The SMILES string of the molecule is CCCNCc1cc(F)cc(N2CCC(C)(C)CC2)c1. The summed E-state index contributed by atoms with van der Waals surface area (Å²) in [5.74, 6) is -0.124. The average molecular weight is 278 g/mol. The van der Waals surface area contributed by atoms with Crippen LogP contribution in [-0.2, 0) is 6.54 Å². The third-order valence-electron chi connectivity index (χ3n) is 4.18. The summed E-state index contributed by atoms with van der Waals surface area (Å²) in [6.07, 6.45) is 3.45. The number of rotatable bonds is 5. The highest BCUT2D eigenvalue weighted by Gasteiger charge is 2.25. The Balaban J connectivity index is 2.04. The average Bonchev–Trinajstić information content (AvgIpc) is 2.38. The molecule has 1 aromatic rings. The van der Waals surface area contributed by atoms with Gasteiger partial charge in [-0.2, -0.15) is 0 Å². The summed E-state index contributed by atoms with van der Waals surface area (Å²) in [4.78, 5) is 2.32. The highest BCUT2D eigenvalue weighted by atomic mass is 19.1. The summed E-state index contributed by atoms with van der Waals surface area (Å²) in [5, 5.41) is 3.34. The number of halogens is 1. The largest absolute Gasteiger partial charge is 0.371 e. The highest BCUT2D eigenvalue weighted by molar-refractivity contribution is 5.49. The van der Waals surface area contributed by atoms with E-state index in [1.807, 2.05) is 0 Å². The van der Waals surface area contributed by atoms with Crippen molar-refractivity contribution >= 4 is 5.69 Å². The summed E-state index contributed by atoms with van der Waals surface area (Å²) in [7, 11) is 0. The maximum Gasteiger partial charge on any atom is 0.125 e. The second-order valence-corrected chi connectivity index (χ2v) is 6.65. The third kappa shape index (κ3) is 4.20. The molecule has 1 heterocycles. The van der Waals surface area contributed by atoms with E-state index in [2.05, 4.69) is 37.1 Å². The van der Waals surface area contributed by atoms with Crippen molar-refractivity contribution in [3.05, 3.63) is 29.6 Å². The lowest BCUT2D eigenvalue weighted by Gasteiger charge is -2.38. The van der Waals surface area contributed by atoms with E-state index in [9.17, 15) is 4.39 Å². The molecule has 2 rings (SSSR count). The molecule has 1 N–H and O–H groups in total. The summed E-state index contributed by atoms with van der Waals surface area (Å²) < 4.78 is 13.8. The molecular weight excluding hydrogens is 251 g/mol. The Morgan fingerprint density at radius 1 is 1.20 bits per heavy atom. The molecule has 3 heteroatoms. The molecule has 2 nitrogen and oxygen atoms in total. The van der Waals surface area contributed by atoms with Crippen LogP contribution in [0.1, 0.15) is 45.6 Å². The first-order valence-corrected chi connectivity index (χ1v) is 7.75. The second-order valence-electron chi connectivity index (χ2n) is 6.65.